The molecule has 2 rings (SSSR count). The summed E-state index contributed by atoms with van der Waals surface area (Å²) >= 11 is 3.39. The topological polar surface area (TPSA) is 50.1 Å². The molecule has 20 heavy (non-hydrogen) atoms. The van der Waals surface area contributed by atoms with Crippen LogP contribution in [0.3, 0.4) is 0 Å². The summed E-state index contributed by atoms with van der Waals surface area (Å²) in [7, 11) is 1.95. The number of aryl methyl sites for hydroxylation is 1. The molecule has 0 amide bonds. The molecule has 0 aromatic carbocycles. The van der Waals surface area contributed by atoms with Crippen LogP contribution in [0, 0.1) is 0 Å². The summed E-state index contributed by atoms with van der Waals surface area (Å²) in [4.78, 5) is 1.19. The maximum Gasteiger partial charge on any atom is 0.107 e. The van der Waals surface area contributed by atoms with E-state index in [1.54, 1.807) is 23.1 Å². The van der Waals surface area contributed by atoms with E-state index in [9.17, 15) is 5.11 Å². The Morgan fingerprint density at radius 3 is 2.95 bits per heavy atom. The quantitative estimate of drug-likeness (QED) is 0.824. The number of nitrogens with one attached hydrogen (secondary N) is 1. The molecule has 2 unspecified atom stereocenters. The Kier molecular flexibility index (Phi) is 5.65. The van der Waals surface area contributed by atoms with Crippen LogP contribution in [0.1, 0.15) is 12.5 Å². The molecule has 2 atom stereocenters. The first-order chi connectivity index (χ1) is 9.65. The fourth-order valence-electron chi connectivity index (χ4n) is 2.13. The van der Waals surface area contributed by atoms with Crippen LogP contribution in [0.15, 0.2) is 23.7 Å². The summed E-state index contributed by atoms with van der Waals surface area (Å²) in [6.45, 7) is 3.07. The highest BCUT2D eigenvalue weighted by Crippen LogP contribution is 2.26. The average molecular weight is 311 g/mol. The highest BCUT2D eigenvalue weighted by atomic mass is 32.2. The number of aliphatic hydroxyl groups is 1. The molecule has 4 nitrogen and oxygen atoms in total. The summed E-state index contributed by atoms with van der Waals surface area (Å²) in [5.74, 6) is 0. The molecular weight excluding hydrogens is 290 g/mol. The summed E-state index contributed by atoms with van der Waals surface area (Å²) < 4.78 is 1.86. The molecule has 0 aliphatic rings. The van der Waals surface area contributed by atoms with Crippen LogP contribution in [0.25, 0.3) is 10.6 Å². The molecule has 0 fully saturated rings. The zero-order valence-electron chi connectivity index (χ0n) is 12.0. The predicted octanol–water partition coefficient (Wildman–Crippen LogP) is 2.35. The van der Waals surface area contributed by atoms with E-state index in [-0.39, 0.29) is 17.9 Å². The van der Waals surface area contributed by atoms with Gasteiger partial charge in [-0.2, -0.15) is 16.9 Å². The van der Waals surface area contributed by atoms with Gasteiger partial charge in [-0.3, -0.25) is 4.68 Å². The lowest BCUT2D eigenvalue weighted by molar-refractivity contribution is 0.276. The number of thioether (sulfide) groups is 1. The molecule has 0 saturated heterocycles. The molecule has 2 heterocycles. The number of aromatic nitrogens is 2. The number of hydrogen-bond acceptors (Lipinski definition) is 5. The van der Waals surface area contributed by atoms with Gasteiger partial charge in [-0.15, -0.1) is 11.3 Å². The van der Waals surface area contributed by atoms with Crippen molar-refractivity contribution in [2.75, 3.05) is 12.9 Å². The van der Waals surface area contributed by atoms with Gasteiger partial charge < -0.3 is 10.4 Å². The Bertz CT molecular complexity index is 521. The van der Waals surface area contributed by atoms with Gasteiger partial charge in [0, 0.05) is 36.6 Å². The van der Waals surface area contributed by atoms with Gasteiger partial charge in [-0.05, 0) is 24.6 Å². The normalized spacial score (nSPS) is 14.4. The lowest BCUT2D eigenvalue weighted by Crippen LogP contribution is -2.37. The molecule has 110 valence electrons. The first-order valence-electron chi connectivity index (χ1n) is 6.59. The van der Waals surface area contributed by atoms with Gasteiger partial charge in [0.1, 0.15) is 5.69 Å². The van der Waals surface area contributed by atoms with Crippen molar-refractivity contribution in [2.24, 2.45) is 7.05 Å². The van der Waals surface area contributed by atoms with Crippen molar-refractivity contribution < 1.29 is 5.11 Å². The third kappa shape index (κ3) is 3.63. The molecule has 2 N–H and O–H groups in total. The third-order valence-corrected chi connectivity index (χ3v) is 5.35. The maximum absolute atomic E-state index is 9.33. The molecular formula is C14H21N3OS2. The van der Waals surface area contributed by atoms with Gasteiger partial charge in [0.2, 0.25) is 0 Å². The zero-order valence-corrected chi connectivity index (χ0v) is 13.7. The SMILES string of the molecule is CSC(CO)C(C)NCc1cn(C)nc1-c1cccs1. The standard InChI is InChI=1S/C14H21N3OS2/c1-10(13(9-18)19-3)15-7-11-8-17(2)16-14(11)12-5-4-6-20-12/h4-6,8,10,13,15,18H,7,9H2,1-3H3. The number of hydrogen-bond donors (Lipinski definition) is 2. The molecule has 2 aromatic heterocycles. The van der Waals surface area contributed by atoms with Crippen molar-refractivity contribution in [3.8, 4) is 10.6 Å². The average Bonchev–Trinajstić information content (AvgIpc) is 3.06. The van der Waals surface area contributed by atoms with Crippen molar-refractivity contribution in [1.82, 2.24) is 15.1 Å². The molecule has 0 saturated carbocycles. The van der Waals surface area contributed by atoms with Gasteiger partial charge in [0.15, 0.2) is 0 Å². The fraction of sp³-hybridized carbons (Fsp3) is 0.500. The van der Waals surface area contributed by atoms with Gasteiger partial charge in [-0.25, -0.2) is 0 Å². The highest BCUT2D eigenvalue weighted by Gasteiger charge is 2.16. The van der Waals surface area contributed by atoms with Crippen LogP contribution in [-0.2, 0) is 13.6 Å². The maximum atomic E-state index is 9.33. The molecule has 0 spiro atoms. The molecule has 0 aliphatic carbocycles. The molecule has 0 bridgehead atoms. The van der Waals surface area contributed by atoms with E-state index in [1.807, 2.05) is 24.1 Å². The van der Waals surface area contributed by atoms with Crippen LogP contribution >= 0.6 is 23.1 Å². The number of rotatable bonds is 7. The second-order valence-corrected chi connectivity index (χ2v) is 6.80. The van der Waals surface area contributed by atoms with Crippen LogP contribution in [0.5, 0.6) is 0 Å². The van der Waals surface area contributed by atoms with Crippen molar-refractivity contribution in [1.29, 1.82) is 0 Å². The van der Waals surface area contributed by atoms with E-state index in [2.05, 4.69) is 35.0 Å². The van der Waals surface area contributed by atoms with E-state index in [0.29, 0.717) is 0 Å². The molecule has 2 aromatic rings. The highest BCUT2D eigenvalue weighted by molar-refractivity contribution is 7.99. The van der Waals surface area contributed by atoms with E-state index >= 15 is 0 Å². The molecule has 6 heteroatoms. The summed E-state index contributed by atoms with van der Waals surface area (Å²) in [5, 5.41) is 19.7. The van der Waals surface area contributed by atoms with Crippen LogP contribution in [-0.4, -0.2) is 39.0 Å². The lowest BCUT2D eigenvalue weighted by Gasteiger charge is -2.21. The second kappa shape index (κ2) is 7.26. The van der Waals surface area contributed by atoms with Gasteiger partial charge in [0.25, 0.3) is 0 Å². The number of thiophene rings is 1. The fourth-order valence-corrected chi connectivity index (χ4v) is 3.52. The van der Waals surface area contributed by atoms with Crippen LogP contribution in [0.2, 0.25) is 0 Å². The summed E-state index contributed by atoms with van der Waals surface area (Å²) in [6, 6.07) is 4.40. The van der Waals surface area contributed by atoms with Gasteiger partial charge >= 0.3 is 0 Å². The van der Waals surface area contributed by atoms with Crippen LogP contribution in [0.4, 0.5) is 0 Å². The van der Waals surface area contributed by atoms with Crippen molar-refractivity contribution in [3.05, 3.63) is 29.3 Å². The Hall–Kier alpha value is -0.820. The van der Waals surface area contributed by atoms with Crippen molar-refractivity contribution in [2.45, 2.75) is 24.8 Å². The Morgan fingerprint density at radius 1 is 1.55 bits per heavy atom. The Morgan fingerprint density at radius 2 is 2.35 bits per heavy atom. The first-order valence-corrected chi connectivity index (χ1v) is 8.76. The van der Waals surface area contributed by atoms with Crippen LogP contribution < -0.4 is 5.32 Å². The smallest absolute Gasteiger partial charge is 0.107 e. The minimum absolute atomic E-state index is 0.195. The minimum Gasteiger partial charge on any atom is -0.395 e. The van der Waals surface area contributed by atoms with Crippen molar-refractivity contribution >= 4 is 23.1 Å². The summed E-state index contributed by atoms with van der Waals surface area (Å²) in [6.07, 6.45) is 4.09. The van der Waals surface area contributed by atoms with Crippen molar-refractivity contribution in [3.63, 3.8) is 0 Å². The Labute approximate surface area is 128 Å². The number of nitrogens with zero attached hydrogens (tertiary/aromatic N) is 2. The van der Waals surface area contributed by atoms with E-state index in [4.69, 9.17) is 0 Å². The zero-order chi connectivity index (χ0) is 14.5. The van der Waals surface area contributed by atoms with E-state index < -0.39 is 0 Å². The minimum atomic E-state index is 0.195. The second-order valence-electron chi connectivity index (χ2n) is 4.78. The largest absolute Gasteiger partial charge is 0.395 e. The molecule has 0 radical (unpaired) electrons. The van der Waals surface area contributed by atoms with Gasteiger partial charge in [-0.1, -0.05) is 6.07 Å². The van der Waals surface area contributed by atoms with E-state index in [1.165, 1.54) is 10.4 Å². The monoisotopic (exact) mass is 311 g/mol. The summed E-state index contributed by atoms with van der Waals surface area (Å²) in [5.41, 5.74) is 2.24. The Balaban J connectivity index is 2.07. The lowest BCUT2D eigenvalue weighted by atomic mass is 10.2. The van der Waals surface area contributed by atoms with E-state index in [0.717, 1.165) is 12.2 Å². The van der Waals surface area contributed by atoms with Gasteiger partial charge in [0.05, 0.1) is 11.5 Å². The third-order valence-electron chi connectivity index (χ3n) is 3.31. The number of aliphatic hydroxyl groups excluding tert-OH is 1. The molecule has 0 aliphatic heterocycles. The predicted molar refractivity (Wildman–Crippen MR) is 87.2 cm³/mol. The first kappa shape index (κ1) is 15.6.